The molecule has 0 aromatic rings. The van der Waals surface area contributed by atoms with Gasteiger partial charge in [0, 0.05) is 0 Å². The minimum atomic E-state index is -0.174. The van der Waals surface area contributed by atoms with Crippen molar-refractivity contribution in [1.29, 1.82) is 0 Å². The molecular formula is CH4B2O4. The number of rotatable bonds is 4. The van der Waals surface area contributed by atoms with E-state index >= 15 is 0 Å². The van der Waals surface area contributed by atoms with Gasteiger partial charge in [-0.25, -0.2) is 0 Å². The molecule has 0 saturated carbocycles. The molecule has 0 saturated heterocycles. The summed E-state index contributed by atoms with van der Waals surface area (Å²) in [6.07, 6.45) is 0. The van der Waals surface area contributed by atoms with Gasteiger partial charge in [-0.1, -0.05) is 0 Å². The van der Waals surface area contributed by atoms with Gasteiger partial charge >= 0.3 is 15.4 Å². The van der Waals surface area contributed by atoms with E-state index in [0.29, 0.717) is 15.4 Å². The zero-order valence-corrected chi connectivity index (χ0v) is 3.57. The van der Waals surface area contributed by atoms with E-state index in [4.69, 9.17) is 10.0 Å². The smallest absolute Gasteiger partial charge is 0.429 e. The third-order valence-corrected chi connectivity index (χ3v) is 0.285. The first-order valence-electron chi connectivity index (χ1n) is 1.57. The summed E-state index contributed by atoms with van der Waals surface area (Å²) in [6.45, 7) is -0.174. The molecule has 0 aromatic carbocycles. The van der Waals surface area contributed by atoms with Crippen LogP contribution in [0.5, 0.6) is 0 Å². The van der Waals surface area contributed by atoms with Crippen molar-refractivity contribution >= 4 is 15.4 Å². The maximum Gasteiger partial charge on any atom is 0.486 e. The molecule has 0 atom stereocenters. The molecule has 7 heavy (non-hydrogen) atoms. The van der Waals surface area contributed by atoms with E-state index in [1.165, 1.54) is 0 Å². The van der Waals surface area contributed by atoms with Crippen LogP contribution < -0.4 is 0 Å². The predicted molar refractivity (Wildman–Crippen MR) is 23.0 cm³/mol. The number of hydrogen-bond acceptors (Lipinski definition) is 4. The highest BCUT2D eigenvalue weighted by Gasteiger charge is 1.85. The van der Waals surface area contributed by atoms with E-state index in [1.807, 2.05) is 0 Å². The second-order valence-electron chi connectivity index (χ2n) is 0.662. The van der Waals surface area contributed by atoms with Crippen LogP contribution in [-0.2, 0) is 9.31 Å². The second-order valence-corrected chi connectivity index (χ2v) is 0.662. The lowest BCUT2D eigenvalue weighted by molar-refractivity contribution is 0.0991. The van der Waals surface area contributed by atoms with E-state index in [1.54, 1.807) is 0 Å². The lowest BCUT2D eigenvalue weighted by atomic mass is 10.4. The lowest BCUT2D eigenvalue weighted by Crippen LogP contribution is -2.05. The van der Waals surface area contributed by atoms with Crippen molar-refractivity contribution in [2.45, 2.75) is 0 Å². The Morgan fingerprint density at radius 1 is 1.14 bits per heavy atom. The van der Waals surface area contributed by atoms with Crippen molar-refractivity contribution in [3.05, 3.63) is 0 Å². The Labute approximate surface area is 42.7 Å². The van der Waals surface area contributed by atoms with E-state index in [9.17, 15) is 0 Å². The normalized spacial score (nSPS) is 8.29. The highest BCUT2D eigenvalue weighted by molar-refractivity contribution is 6.17. The molecule has 4 nitrogen and oxygen atoms in total. The largest absolute Gasteiger partial charge is 0.486 e. The fraction of sp³-hybridized carbons (Fsp3) is 1.00. The van der Waals surface area contributed by atoms with Crippen molar-refractivity contribution in [3.8, 4) is 0 Å². The van der Waals surface area contributed by atoms with Crippen LogP contribution in [0.15, 0.2) is 0 Å². The molecule has 2 radical (unpaired) electrons. The van der Waals surface area contributed by atoms with Crippen LogP contribution in [0.25, 0.3) is 0 Å². The summed E-state index contributed by atoms with van der Waals surface area (Å²) >= 11 is 0. The second kappa shape index (κ2) is 5.97. The summed E-state index contributed by atoms with van der Waals surface area (Å²) in [5, 5.41) is 15.5. The molecule has 0 amide bonds. The van der Waals surface area contributed by atoms with Crippen LogP contribution in [0, 0.1) is 0 Å². The van der Waals surface area contributed by atoms with Crippen LogP contribution in [0.3, 0.4) is 0 Å². The van der Waals surface area contributed by atoms with E-state index < -0.39 is 0 Å². The third-order valence-electron chi connectivity index (χ3n) is 0.285. The lowest BCUT2D eigenvalue weighted by Gasteiger charge is -1.93. The van der Waals surface area contributed by atoms with E-state index in [-0.39, 0.29) is 6.79 Å². The molecule has 0 aromatic heterocycles. The molecule has 0 aliphatic rings. The molecule has 0 aliphatic heterocycles. The van der Waals surface area contributed by atoms with Crippen molar-refractivity contribution in [2.24, 2.45) is 0 Å². The van der Waals surface area contributed by atoms with Gasteiger partial charge in [-0.05, 0) is 0 Å². The minimum Gasteiger partial charge on any atom is -0.429 e. The van der Waals surface area contributed by atoms with Gasteiger partial charge in [0.15, 0.2) is 0 Å². The summed E-state index contributed by atoms with van der Waals surface area (Å²) in [5.74, 6) is 0. The van der Waals surface area contributed by atoms with Gasteiger partial charge < -0.3 is 19.4 Å². The molecule has 0 rings (SSSR count). The van der Waals surface area contributed by atoms with Gasteiger partial charge in [0.1, 0.15) is 6.79 Å². The summed E-state index contributed by atoms with van der Waals surface area (Å²) in [4.78, 5) is 0. The Morgan fingerprint density at radius 3 is 1.86 bits per heavy atom. The van der Waals surface area contributed by atoms with Crippen molar-refractivity contribution in [1.82, 2.24) is 0 Å². The number of hydrogen-bond donors (Lipinski definition) is 2. The highest BCUT2D eigenvalue weighted by Crippen LogP contribution is 1.66. The minimum absolute atomic E-state index is 0.174. The molecule has 0 spiro atoms. The van der Waals surface area contributed by atoms with Crippen LogP contribution in [0.4, 0.5) is 0 Å². The molecule has 0 unspecified atom stereocenters. The van der Waals surface area contributed by atoms with Crippen molar-refractivity contribution in [2.75, 3.05) is 6.79 Å². The predicted octanol–water partition coefficient (Wildman–Crippen LogP) is -1.97. The van der Waals surface area contributed by atoms with Crippen molar-refractivity contribution < 1.29 is 19.4 Å². The molecule has 6 heteroatoms. The Kier molecular flexibility index (Phi) is 5.94. The first-order valence-corrected chi connectivity index (χ1v) is 1.57. The molecule has 0 fully saturated rings. The summed E-state index contributed by atoms with van der Waals surface area (Å²) in [6, 6.07) is 0. The quantitative estimate of drug-likeness (QED) is 0.245. The first-order chi connectivity index (χ1) is 3.41. The van der Waals surface area contributed by atoms with Gasteiger partial charge in [-0.15, -0.1) is 0 Å². The molecular weight excluding hydrogens is 97.6 g/mol. The third kappa shape index (κ3) is 5.97. The molecule has 0 heterocycles. The standard InChI is InChI=1S/CH4B2O4/c4-2-6-1-7-3-5/h4-5H,1H2. The van der Waals surface area contributed by atoms with Crippen LogP contribution in [-0.4, -0.2) is 32.2 Å². The topological polar surface area (TPSA) is 58.9 Å². The Bertz CT molecular complexity index is 28.9. The van der Waals surface area contributed by atoms with Gasteiger partial charge in [-0.2, -0.15) is 0 Å². The first kappa shape index (κ1) is 6.97. The molecule has 2 N–H and O–H groups in total. The monoisotopic (exact) mass is 102 g/mol. The molecule has 38 valence electrons. The Balaban J connectivity index is 2.45. The van der Waals surface area contributed by atoms with Crippen LogP contribution in [0.2, 0.25) is 0 Å². The summed E-state index contributed by atoms with van der Waals surface area (Å²) < 4.78 is 8.18. The highest BCUT2D eigenvalue weighted by atomic mass is 16.7. The van der Waals surface area contributed by atoms with Gasteiger partial charge in [0.2, 0.25) is 0 Å². The molecule has 0 bridgehead atoms. The van der Waals surface area contributed by atoms with Gasteiger partial charge in [-0.3, -0.25) is 0 Å². The fourth-order valence-electron chi connectivity index (χ4n) is 0.100. The average Bonchev–Trinajstić information content (AvgIpc) is 1.69. The summed E-state index contributed by atoms with van der Waals surface area (Å²) in [5.41, 5.74) is 0. The Morgan fingerprint density at radius 2 is 1.57 bits per heavy atom. The van der Waals surface area contributed by atoms with Crippen LogP contribution in [0.1, 0.15) is 0 Å². The van der Waals surface area contributed by atoms with E-state index in [2.05, 4.69) is 9.31 Å². The summed E-state index contributed by atoms with van der Waals surface area (Å²) in [7, 11) is 0.951. The average molecular weight is 102 g/mol. The zero-order valence-electron chi connectivity index (χ0n) is 3.57. The molecule has 0 aliphatic carbocycles. The maximum absolute atomic E-state index is 7.77. The maximum atomic E-state index is 7.77. The Hall–Kier alpha value is -0.0301. The van der Waals surface area contributed by atoms with Crippen LogP contribution >= 0.6 is 0 Å². The fourth-order valence-corrected chi connectivity index (χ4v) is 0.100. The SMILES string of the molecule is O[B]OCO[B]O. The van der Waals surface area contributed by atoms with E-state index in [0.717, 1.165) is 0 Å². The van der Waals surface area contributed by atoms with Gasteiger partial charge in [0.05, 0.1) is 0 Å². The van der Waals surface area contributed by atoms with Crippen molar-refractivity contribution in [3.63, 3.8) is 0 Å². The van der Waals surface area contributed by atoms with Gasteiger partial charge in [0.25, 0.3) is 0 Å². The zero-order chi connectivity index (χ0) is 5.54.